The van der Waals surface area contributed by atoms with Crippen LogP contribution in [0.5, 0.6) is 0 Å². The van der Waals surface area contributed by atoms with Crippen LogP contribution in [-0.2, 0) is 17.6 Å². The molecular weight excluding hydrogens is 268 g/mol. The number of para-hydroxylation sites is 1. The van der Waals surface area contributed by atoms with E-state index in [9.17, 15) is 9.59 Å². The second-order valence-electron chi connectivity index (χ2n) is 5.01. The molecule has 0 aliphatic carbocycles. The van der Waals surface area contributed by atoms with Gasteiger partial charge < -0.3 is 15.3 Å². The Morgan fingerprint density at radius 3 is 2.24 bits per heavy atom. The molecule has 1 aromatic rings. The molecule has 21 heavy (non-hydrogen) atoms. The molecule has 0 saturated heterocycles. The number of urea groups is 1. The van der Waals surface area contributed by atoms with Crippen molar-refractivity contribution < 1.29 is 14.7 Å². The van der Waals surface area contributed by atoms with Gasteiger partial charge >= 0.3 is 12.0 Å². The predicted molar refractivity (Wildman–Crippen MR) is 83.7 cm³/mol. The maximum Gasteiger partial charge on any atom is 0.321 e. The van der Waals surface area contributed by atoms with Crippen molar-refractivity contribution in [1.82, 2.24) is 4.90 Å². The molecule has 5 heteroatoms. The van der Waals surface area contributed by atoms with Gasteiger partial charge in [0.1, 0.15) is 0 Å². The highest BCUT2D eigenvalue weighted by Gasteiger charge is 2.13. The maximum atomic E-state index is 12.2. The molecule has 2 N–H and O–H groups in total. The number of benzene rings is 1. The lowest BCUT2D eigenvalue weighted by atomic mass is 10.0. The highest BCUT2D eigenvalue weighted by Crippen LogP contribution is 2.22. The first kappa shape index (κ1) is 17.0. The largest absolute Gasteiger partial charge is 0.481 e. The summed E-state index contributed by atoms with van der Waals surface area (Å²) in [6.07, 6.45) is 2.23. The SMILES string of the molecule is CCc1cccc(CC)c1NC(=O)N(C)CCCC(=O)O. The number of nitrogens with one attached hydrogen (secondary N) is 1. The molecule has 0 radical (unpaired) electrons. The molecule has 0 atom stereocenters. The van der Waals surface area contributed by atoms with E-state index in [0.717, 1.165) is 29.7 Å². The zero-order valence-corrected chi connectivity index (χ0v) is 13.0. The molecule has 116 valence electrons. The highest BCUT2D eigenvalue weighted by molar-refractivity contribution is 5.91. The van der Waals surface area contributed by atoms with E-state index in [1.54, 1.807) is 7.05 Å². The van der Waals surface area contributed by atoms with Crippen LogP contribution in [-0.4, -0.2) is 35.6 Å². The van der Waals surface area contributed by atoms with E-state index < -0.39 is 5.97 Å². The molecule has 0 saturated carbocycles. The summed E-state index contributed by atoms with van der Waals surface area (Å²) in [5, 5.41) is 11.6. The number of hydrogen-bond donors (Lipinski definition) is 2. The van der Waals surface area contributed by atoms with Gasteiger partial charge in [0.25, 0.3) is 0 Å². The highest BCUT2D eigenvalue weighted by atomic mass is 16.4. The normalized spacial score (nSPS) is 10.2. The number of carboxylic acids is 1. The monoisotopic (exact) mass is 292 g/mol. The average Bonchev–Trinajstić information content (AvgIpc) is 2.46. The molecule has 0 spiro atoms. The van der Waals surface area contributed by atoms with Crippen molar-refractivity contribution in [2.75, 3.05) is 18.9 Å². The van der Waals surface area contributed by atoms with Crippen LogP contribution in [0, 0.1) is 0 Å². The lowest BCUT2D eigenvalue weighted by molar-refractivity contribution is -0.137. The van der Waals surface area contributed by atoms with Crippen LogP contribution in [0.15, 0.2) is 18.2 Å². The fourth-order valence-corrected chi connectivity index (χ4v) is 2.17. The summed E-state index contributed by atoms with van der Waals surface area (Å²) in [6.45, 7) is 4.54. The van der Waals surface area contributed by atoms with E-state index in [4.69, 9.17) is 5.11 Å². The molecule has 0 heterocycles. The molecule has 0 aliphatic heterocycles. The van der Waals surface area contributed by atoms with Crippen LogP contribution >= 0.6 is 0 Å². The van der Waals surface area contributed by atoms with Gasteiger partial charge in [-0.2, -0.15) is 0 Å². The fourth-order valence-electron chi connectivity index (χ4n) is 2.17. The van der Waals surface area contributed by atoms with Gasteiger partial charge in [-0.25, -0.2) is 4.79 Å². The van der Waals surface area contributed by atoms with Crippen molar-refractivity contribution in [3.8, 4) is 0 Å². The second kappa shape index (κ2) is 8.29. The van der Waals surface area contributed by atoms with E-state index in [-0.39, 0.29) is 12.5 Å². The quantitative estimate of drug-likeness (QED) is 0.811. The third-order valence-corrected chi connectivity index (χ3v) is 3.46. The van der Waals surface area contributed by atoms with Gasteiger partial charge in [-0.05, 0) is 30.4 Å². The van der Waals surface area contributed by atoms with E-state index in [1.165, 1.54) is 4.90 Å². The fraction of sp³-hybridized carbons (Fsp3) is 0.500. The number of hydrogen-bond acceptors (Lipinski definition) is 2. The smallest absolute Gasteiger partial charge is 0.321 e. The number of anilines is 1. The first-order valence-electron chi connectivity index (χ1n) is 7.34. The number of nitrogens with zero attached hydrogens (tertiary/aromatic N) is 1. The summed E-state index contributed by atoms with van der Waals surface area (Å²) in [5.74, 6) is -0.839. The Morgan fingerprint density at radius 2 is 1.76 bits per heavy atom. The van der Waals surface area contributed by atoms with Gasteiger partial charge in [0, 0.05) is 25.7 Å². The van der Waals surface area contributed by atoms with Gasteiger partial charge in [-0.3, -0.25) is 4.79 Å². The summed E-state index contributed by atoms with van der Waals surface area (Å²) < 4.78 is 0. The Labute approximate surface area is 126 Å². The van der Waals surface area contributed by atoms with Crippen LogP contribution in [0.1, 0.15) is 37.8 Å². The van der Waals surface area contributed by atoms with E-state index in [2.05, 4.69) is 19.2 Å². The number of aliphatic carboxylic acids is 1. The Hall–Kier alpha value is -2.04. The number of carbonyl (C=O) groups is 2. The molecular formula is C16H24N2O3. The number of aryl methyl sites for hydroxylation is 2. The summed E-state index contributed by atoms with van der Waals surface area (Å²) >= 11 is 0. The molecule has 1 rings (SSSR count). The molecule has 0 aliphatic rings. The minimum absolute atomic E-state index is 0.0728. The first-order valence-corrected chi connectivity index (χ1v) is 7.34. The van der Waals surface area contributed by atoms with Gasteiger partial charge in [0.05, 0.1) is 0 Å². The zero-order valence-electron chi connectivity index (χ0n) is 13.0. The molecule has 2 amide bonds. The molecule has 0 aromatic heterocycles. The van der Waals surface area contributed by atoms with Crippen LogP contribution < -0.4 is 5.32 Å². The van der Waals surface area contributed by atoms with Crippen molar-refractivity contribution in [3.63, 3.8) is 0 Å². The van der Waals surface area contributed by atoms with E-state index in [1.807, 2.05) is 18.2 Å². The summed E-state index contributed by atoms with van der Waals surface area (Å²) in [6, 6.07) is 5.83. The molecule has 0 fully saturated rings. The summed E-state index contributed by atoms with van der Waals surface area (Å²) in [7, 11) is 1.68. The van der Waals surface area contributed by atoms with Crippen LogP contribution in [0.2, 0.25) is 0 Å². The van der Waals surface area contributed by atoms with Gasteiger partial charge in [0.15, 0.2) is 0 Å². The Kier molecular flexibility index (Phi) is 6.72. The Morgan fingerprint density at radius 1 is 1.19 bits per heavy atom. The van der Waals surface area contributed by atoms with E-state index in [0.29, 0.717) is 13.0 Å². The minimum atomic E-state index is -0.839. The average molecular weight is 292 g/mol. The number of amides is 2. The standard InChI is InChI=1S/C16H24N2O3/c1-4-12-8-6-9-13(5-2)15(12)17-16(21)18(3)11-7-10-14(19)20/h6,8-9H,4-5,7,10-11H2,1-3H3,(H,17,21)(H,19,20). The van der Waals surface area contributed by atoms with Gasteiger partial charge in [-0.1, -0.05) is 32.0 Å². The third-order valence-electron chi connectivity index (χ3n) is 3.46. The van der Waals surface area contributed by atoms with Crippen molar-refractivity contribution in [2.45, 2.75) is 39.5 Å². The Bertz CT molecular complexity index is 478. The molecule has 1 aromatic carbocycles. The summed E-state index contributed by atoms with van der Waals surface area (Å²) in [5.41, 5.74) is 3.11. The number of carbonyl (C=O) groups excluding carboxylic acids is 1. The second-order valence-corrected chi connectivity index (χ2v) is 5.01. The van der Waals surface area contributed by atoms with Crippen molar-refractivity contribution >= 4 is 17.7 Å². The molecule has 5 nitrogen and oxygen atoms in total. The van der Waals surface area contributed by atoms with Gasteiger partial charge in [-0.15, -0.1) is 0 Å². The van der Waals surface area contributed by atoms with Crippen molar-refractivity contribution in [3.05, 3.63) is 29.3 Å². The number of carboxylic acid groups (broad SMARTS) is 1. The zero-order chi connectivity index (χ0) is 15.8. The molecule has 0 bridgehead atoms. The predicted octanol–water partition coefficient (Wildman–Crippen LogP) is 3.14. The maximum absolute atomic E-state index is 12.2. The van der Waals surface area contributed by atoms with Crippen LogP contribution in [0.25, 0.3) is 0 Å². The third kappa shape index (κ3) is 5.10. The van der Waals surface area contributed by atoms with Crippen LogP contribution in [0.3, 0.4) is 0 Å². The number of rotatable bonds is 7. The lowest BCUT2D eigenvalue weighted by Gasteiger charge is -2.20. The van der Waals surface area contributed by atoms with Crippen molar-refractivity contribution in [1.29, 1.82) is 0 Å². The topological polar surface area (TPSA) is 69.6 Å². The molecule has 0 unspecified atom stereocenters. The first-order chi connectivity index (χ1) is 9.99. The lowest BCUT2D eigenvalue weighted by Crippen LogP contribution is -2.33. The van der Waals surface area contributed by atoms with Crippen molar-refractivity contribution in [2.24, 2.45) is 0 Å². The van der Waals surface area contributed by atoms with Gasteiger partial charge in [0.2, 0.25) is 0 Å². The Balaban J connectivity index is 2.71. The van der Waals surface area contributed by atoms with Crippen LogP contribution in [0.4, 0.5) is 10.5 Å². The van der Waals surface area contributed by atoms with E-state index >= 15 is 0 Å². The summed E-state index contributed by atoms with van der Waals surface area (Å²) in [4.78, 5) is 24.2. The minimum Gasteiger partial charge on any atom is -0.481 e.